The predicted molar refractivity (Wildman–Crippen MR) is 83.5 cm³/mol. The van der Waals surface area contributed by atoms with E-state index in [1.165, 1.54) is 11.3 Å². The number of pyridine rings is 1. The van der Waals surface area contributed by atoms with Gasteiger partial charge in [-0.3, -0.25) is 15.1 Å². The van der Waals surface area contributed by atoms with Crippen LogP contribution in [0.3, 0.4) is 0 Å². The average Bonchev–Trinajstić information content (AvgIpc) is 2.99. The largest absolute Gasteiger partial charge is 0.354 e. The second-order valence-corrected chi connectivity index (χ2v) is 5.78. The van der Waals surface area contributed by atoms with Gasteiger partial charge in [-0.15, -0.1) is 11.3 Å². The van der Waals surface area contributed by atoms with E-state index in [-0.39, 0.29) is 18.0 Å². The Morgan fingerprint density at radius 1 is 1.45 bits per heavy atom. The molecule has 0 radical (unpaired) electrons. The van der Waals surface area contributed by atoms with Crippen molar-refractivity contribution in [2.45, 2.75) is 18.9 Å². The first kappa shape index (κ1) is 14.5. The molecule has 0 aromatic carbocycles. The minimum Gasteiger partial charge on any atom is -0.354 e. The predicted octanol–water partition coefficient (Wildman–Crippen LogP) is 1.61. The topological polar surface area (TPSA) is 96.0 Å². The summed E-state index contributed by atoms with van der Waals surface area (Å²) in [5.41, 5.74) is 1.68. The van der Waals surface area contributed by atoms with Crippen LogP contribution in [0.1, 0.15) is 12.8 Å². The highest BCUT2D eigenvalue weighted by Crippen LogP contribution is 2.23. The maximum Gasteiger partial charge on any atom is 0.321 e. The summed E-state index contributed by atoms with van der Waals surface area (Å²) in [5, 5.41) is 10.7. The molecule has 3 heterocycles. The maximum atomic E-state index is 11.9. The van der Waals surface area contributed by atoms with E-state index in [1.807, 2.05) is 17.5 Å². The van der Waals surface area contributed by atoms with Crippen LogP contribution in [0.5, 0.6) is 0 Å². The lowest BCUT2D eigenvalue weighted by Gasteiger charge is -2.23. The molecule has 0 aliphatic carbocycles. The van der Waals surface area contributed by atoms with Crippen molar-refractivity contribution in [2.24, 2.45) is 0 Å². The molecule has 0 spiro atoms. The van der Waals surface area contributed by atoms with Crippen molar-refractivity contribution >= 4 is 28.4 Å². The molecular formula is C14H15N5O2S. The number of amides is 3. The van der Waals surface area contributed by atoms with Crippen LogP contribution in [0.15, 0.2) is 29.9 Å². The van der Waals surface area contributed by atoms with Crippen LogP contribution >= 0.6 is 11.3 Å². The highest BCUT2D eigenvalue weighted by atomic mass is 32.1. The van der Waals surface area contributed by atoms with E-state index >= 15 is 0 Å². The highest BCUT2D eigenvalue weighted by Gasteiger charge is 2.19. The van der Waals surface area contributed by atoms with E-state index in [1.54, 1.807) is 12.4 Å². The number of anilines is 1. The number of urea groups is 1. The van der Waals surface area contributed by atoms with Crippen LogP contribution in [0, 0.1) is 0 Å². The summed E-state index contributed by atoms with van der Waals surface area (Å²) >= 11 is 1.35. The molecule has 1 aliphatic rings. The first-order valence-electron chi connectivity index (χ1n) is 6.91. The molecule has 7 nitrogen and oxygen atoms in total. The second kappa shape index (κ2) is 6.52. The fraction of sp³-hybridized carbons (Fsp3) is 0.286. The molecule has 2 aromatic rings. The van der Waals surface area contributed by atoms with Gasteiger partial charge in [-0.05, 0) is 18.6 Å². The van der Waals surface area contributed by atoms with Gasteiger partial charge in [-0.1, -0.05) is 0 Å². The molecule has 114 valence electrons. The van der Waals surface area contributed by atoms with Crippen LogP contribution < -0.4 is 16.0 Å². The van der Waals surface area contributed by atoms with Gasteiger partial charge in [0.1, 0.15) is 0 Å². The van der Waals surface area contributed by atoms with Crippen LogP contribution in [0.4, 0.5) is 9.93 Å². The third-order valence-corrected chi connectivity index (χ3v) is 4.04. The molecule has 0 unspecified atom stereocenters. The molecule has 1 atom stereocenters. The van der Waals surface area contributed by atoms with Gasteiger partial charge < -0.3 is 10.6 Å². The average molecular weight is 317 g/mol. The lowest BCUT2D eigenvalue weighted by atomic mass is 10.1. The third kappa shape index (κ3) is 3.59. The van der Waals surface area contributed by atoms with E-state index in [4.69, 9.17) is 0 Å². The Morgan fingerprint density at radius 3 is 3.09 bits per heavy atom. The van der Waals surface area contributed by atoms with Crippen LogP contribution in [-0.4, -0.2) is 34.5 Å². The number of thiazole rings is 1. The highest BCUT2D eigenvalue weighted by molar-refractivity contribution is 7.14. The second-order valence-electron chi connectivity index (χ2n) is 4.92. The van der Waals surface area contributed by atoms with E-state index in [0.717, 1.165) is 11.3 Å². The number of nitrogens with zero attached hydrogens (tertiary/aromatic N) is 2. The molecule has 8 heteroatoms. The standard InChI is InChI=1S/C14H15N5O2S/c20-12-4-3-10(7-16-12)17-13(21)19-14-18-11(8-22-14)9-2-1-5-15-6-9/h1-2,5-6,8,10H,3-4,7H2,(H,16,20)(H2,17,18,19,21)/t10-/m1/s1. The Bertz CT molecular complexity index is 663. The summed E-state index contributed by atoms with van der Waals surface area (Å²) in [5.74, 6) is 0.0273. The Hall–Kier alpha value is -2.48. The van der Waals surface area contributed by atoms with Crippen molar-refractivity contribution in [1.82, 2.24) is 20.6 Å². The van der Waals surface area contributed by atoms with Crippen molar-refractivity contribution in [3.05, 3.63) is 29.9 Å². The smallest absolute Gasteiger partial charge is 0.321 e. The molecule has 2 aromatic heterocycles. The molecule has 22 heavy (non-hydrogen) atoms. The van der Waals surface area contributed by atoms with Gasteiger partial charge >= 0.3 is 6.03 Å². The van der Waals surface area contributed by atoms with Crippen LogP contribution in [0.25, 0.3) is 11.3 Å². The number of aromatic nitrogens is 2. The first-order valence-corrected chi connectivity index (χ1v) is 7.79. The van der Waals surface area contributed by atoms with Gasteiger partial charge in [-0.2, -0.15) is 0 Å². The summed E-state index contributed by atoms with van der Waals surface area (Å²) in [6, 6.07) is 3.39. The normalized spacial score (nSPS) is 17.6. The summed E-state index contributed by atoms with van der Waals surface area (Å²) in [4.78, 5) is 31.4. The molecule has 1 fully saturated rings. The molecule has 3 amide bonds. The number of hydrogen-bond acceptors (Lipinski definition) is 5. The van der Waals surface area contributed by atoms with Gasteiger partial charge in [0.05, 0.1) is 5.69 Å². The molecular weight excluding hydrogens is 302 g/mol. The minimum absolute atomic E-state index is 0.0273. The zero-order valence-electron chi connectivity index (χ0n) is 11.7. The van der Waals surface area contributed by atoms with Gasteiger partial charge in [0, 0.05) is 42.3 Å². The van der Waals surface area contributed by atoms with Crippen LogP contribution in [0.2, 0.25) is 0 Å². The van der Waals surface area contributed by atoms with E-state index in [2.05, 4.69) is 25.9 Å². The van der Waals surface area contributed by atoms with E-state index in [0.29, 0.717) is 24.5 Å². The number of hydrogen-bond donors (Lipinski definition) is 3. The lowest BCUT2D eigenvalue weighted by Crippen LogP contribution is -2.48. The zero-order valence-corrected chi connectivity index (χ0v) is 12.5. The van der Waals surface area contributed by atoms with Crippen molar-refractivity contribution in [1.29, 1.82) is 0 Å². The maximum absolute atomic E-state index is 11.9. The molecule has 3 rings (SSSR count). The molecule has 1 saturated heterocycles. The molecule has 0 saturated carbocycles. The number of rotatable bonds is 3. The molecule has 0 bridgehead atoms. The minimum atomic E-state index is -0.312. The summed E-state index contributed by atoms with van der Waals surface area (Å²) in [6.07, 6.45) is 4.51. The van der Waals surface area contributed by atoms with Gasteiger partial charge in [0.25, 0.3) is 0 Å². The van der Waals surface area contributed by atoms with E-state index < -0.39 is 0 Å². The molecule has 1 aliphatic heterocycles. The number of nitrogens with one attached hydrogen (secondary N) is 3. The number of piperidine rings is 1. The Labute approximate surface area is 131 Å². The Morgan fingerprint density at radius 2 is 2.36 bits per heavy atom. The summed E-state index contributed by atoms with van der Waals surface area (Å²) in [7, 11) is 0. The van der Waals surface area contributed by atoms with Crippen molar-refractivity contribution in [3.8, 4) is 11.3 Å². The summed E-state index contributed by atoms with van der Waals surface area (Å²) in [6.45, 7) is 0.463. The van der Waals surface area contributed by atoms with Crippen molar-refractivity contribution in [3.63, 3.8) is 0 Å². The SMILES string of the molecule is O=C1CC[C@@H](NC(=O)Nc2nc(-c3cccnc3)cs2)CN1. The van der Waals surface area contributed by atoms with E-state index in [9.17, 15) is 9.59 Å². The zero-order chi connectivity index (χ0) is 15.4. The Balaban J connectivity index is 1.56. The van der Waals surface area contributed by atoms with Crippen LogP contribution in [-0.2, 0) is 4.79 Å². The van der Waals surface area contributed by atoms with Crippen molar-refractivity contribution in [2.75, 3.05) is 11.9 Å². The fourth-order valence-corrected chi connectivity index (χ4v) is 2.87. The van der Waals surface area contributed by atoms with Gasteiger partial charge in [0.2, 0.25) is 5.91 Å². The van der Waals surface area contributed by atoms with Gasteiger partial charge in [-0.25, -0.2) is 9.78 Å². The first-order chi connectivity index (χ1) is 10.7. The van der Waals surface area contributed by atoms with Gasteiger partial charge in [0.15, 0.2) is 5.13 Å². The fourth-order valence-electron chi connectivity index (χ4n) is 2.15. The Kier molecular flexibility index (Phi) is 4.29. The number of carbonyl (C=O) groups excluding carboxylic acids is 2. The monoisotopic (exact) mass is 317 g/mol. The lowest BCUT2D eigenvalue weighted by molar-refractivity contribution is -0.122. The quantitative estimate of drug-likeness (QED) is 0.801. The number of carbonyl (C=O) groups is 2. The third-order valence-electron chi connectivity index (χ3n) is 3.28. The molecule has 3 N–H and O–H groups in total. The van der Waals surface area contributed by atoms with Crippen molar-refractivity contribution < 1.29 is 9.59 Å². The summed E-state index contributed by atoms with van der Waals surface area (Å²) < 4.78 is 0.